The number of amides is 2. The van der Waals surface area contributed by atoms with Gasteiger partial charge in [-0.2, -0.15) is 0 Å². The number of aromatic nitrogens is 3. The topological polar surface area (TPSA) is 89.3 Å². The molecule has 1 N–H and O–H groups in total. The Labute approximate surface area is 191 Å². The van der Waals surface area contributed by atoms with E-state index in [1.54, 1.807) is 19.5 Å². The lowest BCUT2D eigenvalue weighted by Gasteiger charge is -2.18. The monoisotopic (exact) mass is 451 g/mol. The number of methoxy groups -OCH3 is 1. The number of nitrogens with zero attached hydrogens (tertiary/aromatic N) is 4. The molecular formula is C23H25N5O3S. The molecule has 166 valence electrons. The Hall–Kier alpha value is -3.33. The molecule has 0 saturated carbocycles. The lowest BCUT2D eigenvalue weighted by atomic mass is 10.1. The van der Waals surface area contributed by atoms with Gasteiger partial charge in [-0.15, -0.1) is 10.2 Å². The largest absolute Gasteiger partial charge is 0.497 e. The van der Waals surface area contributed by atoms with Gasteiger partial charge in [0.05, 0.1) is 12.9 Å². The SMILES string of the molecule is COc1ccc(-n2cnnc2SCC(=O)Nc2cccc(C(=O)N3CCCC3)c2C)cc1. The number of benzene rings is 2. The number of carbonyl (C=O) groups excluding carboxylic acids is 2. The van der Waals surface area contributed by atoms with Crippen LogP contribution in [0.2, 0.25) is 0 Å². The Morgan fingerprint density at radius 3 is 2.59 bits per heavy atom. The smallest absolute Gasteiger partial charge is 0.254 e. The molecule has 1 fully saturated rings. The first-order valence-electron chi connectivity index (χ1n) is 10.4. The first-order valence-corrected chi connectivity index (χ1v) is 11.4. The Morgan fingerprint density at radius 1 is 1.12 bits per heavy atom. The molecule has 1 saturated heterocycles. The number of ether oxygens (including phenoxy) is 1. The van der Waals surface area contributed by atoms with Gasteiger partial charge in [0.25, 0.3) is 5.91 Å². The maximum Gasteiger partial charge on any atom is 0.254 e. The molecule has 9 heteroatoms. The third-order valence-electron chi connectivity index (χ3n) is 5.43. The lowest BCUT2D eigenvalue weighted by Crippen LogP contribution is -2.28. The van der Waals surface area contributed by atoms with Crippen LogP contribution in [0.1, 0.15) is 28.8 Å². The van der Waals surface area contributed by atoms with Gasteiger partial charge in [-0.1, -0.05) is 17.8 Å². The Bertz CT molecular complexity index is 1110. The molecule has 4 rings (SSSR count). The first kappa shape index (κ1) is 21.9. The van der Waals surface area contributed by atoms with Crippen molar-refractivity contribution in [3.8, 4) is 11.4 Å². The third kappa shape index (κ3) is 4.77. The fourth-order valence-electron chi connectivity index (χ4n) is 3.65. The summed E-state index contributed by atoms with van der Waals surface area (Å²) < 4.78 is 7.01. The molecule has 0 unspecified atom stereocenters. The van der Waals surface area contributed by atoms with Crippen molar-refractivity contribution < 1.29 is 14.3 Å². The highest BCUT2D eigenvalue weighted by Crippen LogP contribution is 2.24. The van der Waals surface area contributed by atoms with Gasteiger partial charge in [0.2, 0.25) is 5.91 Å². The molecule has 1 aliphatic heterocycles. The highest BCUT2D eigenvalue weighted by atomic mass is 32.2. The van der Waals surface area contributed by atoms with E-state index < -0.39 is 0 Å². The molecule has 3 aromatic rings. The Balaban J connectivity index is 1.40. The van der Waals surface area contributed by atoms with Crippen LogP contribution in [0.25, 0.3) is 5.69 Å². The van der Waals surface area contributed by atoms with E-state index in [2.05, 4.69) is 15.5 Å². The number of likely N-dealkylation sites (tertiary alicyclic amines) is 1. The number of nitrogens with one attached hydrogen (secondary N) is 1. The second-order valence-electron chi connectivity index (χ2n) is 7.50. The van der Waals surface area contributed by atoms with Gasteiger partial charge in [-0.25, -0.2) is 0 Å². The van der Waals surface area contributed by atoms with Crippen molar-refractivity contribution in [2.75, 3.05) is 31.3 Å². The number of carbonyl (C=O) groups is 2. The summed E-state index contributed by atoms with van der Waals surface area (Å²) in [6, 6.07) is 13.0. The predicted molar refractivity (Wildman–Crippen MR) is 124 cm³/mol. The molecule has 1 aromatic heterocycles. The van der Waals surface area contributed by atoms with Gasteiger partial charge < -0.3 is 15.0 Å². The fourth-order valence-corrected chi connectivity index (χ4v) is 4.38. The second-order valence-corrected chi connectivity index (χ2v) is 8.44. The Kier molecular flexibility index (Phi) is 6.75. The van der Waals surface area contributed by atoms with E-state index in [-0.39, 0.29) is 17.6 Å². The minimum Gasteiger partial charge on any atom is -0.497 e. The average Bonchev–Trinajstić information content (AvgIpc) is 3.51. The van der Waals surface area contributed by atoms with E-state index >= 15 is 0 Å². The summed E-state index contributed by atoms with van der Waals surface area (Å²) in [4.78, 5) is 27.3. The maximum absolute atomic E-state index is 12.8. The van der Waals surface area contributed by atoms with Crippen LogP contribution in [0.5, 0.6) is 5.75 Å². The zero-order valence-electron chi connectivity index (χ0n) is 18.1. The summed E-state index contributed by atoms with van der Waals surface area (Å²) >= 11 is 1.29. The summed E-state index contributed by atoms with van der Waals surface area (Å²) in [5, 5.41) is 11.6. The third-order valence-corrected chi connectivity index (χ3v) is 6.37. The standard InChI is InChI=1S/C23H25N5O3S/c1-16-19(22(30)27-12-3-4-13-27)6-5-7-20(16)25-21(29)14-32-23-26-24-15-28(23)17-8-10-18(31-2)11-9-17/h5-11,15H,3-4,12-14H2,1-2H3,(H,25,29). The van der Waals surface area contributed by atoms with Gasteiger partial charge in [-0.3, -0.25) is 14.2 Å². The normalized spacial score (nSPS) is 13.2. The van der Waals surface area contributed by atoms with Crippen LogP contribution in [0.3, 0.4) is 0 Å². The first-order chi connectivity index (χ1) is 15.6. The van der Waals surface area contributed by atoms with Gasteiger partial charge in [0, 0.05) is 30.0 Å². The molecule has 8 nitrogen and oxygen atoms in total. The van der Waals surface area contributed by atoms with E-state index in [1.165, 1.54) is 11.8 Å². The van der Waals surface area contributed by atoms with Crippen molar-refractivity contribution in [3.63, 3.8) is 0 Å². The fraction of sp³-hybridized carbons (Fsp3) is 0.304. The van der Waals surface area contributed by atoms with Crippen molar-refractivity contribution in [3.05, 3.63) is 59.9 Å². The number of thioether (sulfide) groups is 1. The minimum atomic E-state index is -0.173. The number of hydrogen-bond donors (Lipinski definition) is 1. The van der Waals surface area contributed by atoms with Gasteiger partial charge in [-0.05, 0) is 61.7 Å². The van der Waals surface area contributed by atoms with Crippen molar-refractivity contribution in [1.82, 2.24) is 19.7 Å². The molecular weight excluding hydrogens is 426 g/mol. The summed E-state index contributed by atoms with van der Waals surface area (Å²) in [7, 11) is 1.62. The summed E-state index contributed by atoms with van der Waals surface area (Å²) in [5.74, 6) is 0.779. The maximum atomic E-state index is 12.8. The number of hydrogen-bond acceptors (Lipinski definition) is 6. The van der Waals surface area contributed by atoms with Crippen LogP contribution in [0, 0.1) is 6.92 Å². The van der Waals surface area contributed by atoms with Crippen LogP contribution < -0.4 is 10.1 Å². The van der Waals surface area contributed by atoms with Crippen molar-refractivity contribution in [2.45, 2.75) is 24.9 Å². The zero-order valence-corrected chi connectivity index (χ0v) is 18.9. The number of anilines is 1. The van der Waals surface area contributed by atoms with Crippen LogP contribution in [0.4, 0.5) is 5.69 Å². The van der Waals surface area contributed by atoms with Crippen LogP contribution in [-0.4, -0.2) is 57.4 Å². The van der Waals surface area contributed by atoms with Gasteiger partial charge >= 0.3 is 0 Å². The molecule has 0 bridgehead atoms. The summed E-state index contributed by atoms with van der Waals surface area (Å²) in [6.07, 6.45) is 3.69. The van der Waals surface area contributed by atoms with Crippen molar-refractivity contribution in [2.24, 2.45) is 0 Å². The average molecular weight is 452 g/mol. The molecule has 2 amide bonds. The highest BCUT2D eigenvalue weighted by molar-refractivity contribution is 7.99. The lowest BCUT2D eigenvalue weighted by molar-refractivity contribution is -0.113. The highest BCUT2D eigenvalue weighted by Gasteiger charge is 2.22. The molecule has 0 spiro atoms. The van der Waals surface area contributed by atoms with E-state index in [9.17, 15) is 9.59 Å². The second kappa shape index (κ2) is 9.86. The van der Waals surface area contributed by atoms with E-state index in [4.69, 9.17) is 4.74 Å². The predicted octanol–water partition coefficient (Wildman–Crippen LogP) is 3.55. The van der Waals surface area contributed by atoms with Gasteiger partial charge in [0.15, 0.2) is 5.16 Å². The molecule has 2 aromatic carbocycles. The van der Waals surface area contributed by atoms with Crippen LogP contribution >= 0.6 is 11.8 Å². The van der Waals surface area contributed by atoms with Crippen molar-refractivity contribution >= 4 is 29.3 Å². The van der Waals surface area contributed by atoms with Crippen LogP contribution in [0.15, 0.2) is 53.9 Å². The number of rotatable bonds is 7. The van der Waals surface area contributed by atoms with Crippen molar-refractivity contribution in [1.29, 1.82) is 0 Å². The Morgan fingerprint density at radius 2 is 1.88 bits per heavy atom. The molecule has 0 radical (unpaired) electrons. The molecule has 32 heavy (non-hydrogen) atoms. The van der Waals surface area contributed by atoms with Gasteiger partial charge in [0.1, 0.15) is 12.1 Å². The molecule has 0 aliphatic carbocycles. The zero-order chi connectivity index (χ0) is 22.5. The molecule has 2 heterocycles. The quantitative estimate of drug-likeness (QED) is 0.553. The van der Waals surface area contributed by atoms with Crippen LogP contribution in [-0.2, 0) is 4.79 Å². The summed E-state index contributed by atoms with van der Waals surface area (Å²) in [6.45, 7) is 3.45. The molecule has 0 atom stereocenters. The van der Waals surface area contributed by atoms with E-state index in [1.807, 2.05) is 52.8 Å². The van der Waals surface area contributed by atoms with E-state index in [0.29, 0.717) is 16.4 Å². The minimum absolute atomic E-state index is 0.0260. The molecule has 1 aliphatic rings. The van der Waals surface area contributed by atoms with E-state index in [0.717, 1.165) is 42.9 Å². The summed E-state index contributed by atoms with van der Waals surface area (Å²) in [5.41, 5.74) is 2.95.